The van der Waals surface area contributed by atoms with Gasteiger partial charge in [0.2, 0.25) is 5.88 Å². The first-order valence-corrected chi connectivity index (χ1v) is 12.5. The Morgan fingerprint density at radius 2 is 1.61 bits per heavy atom. The van der Waals surface area contributed by atoms with Crippen LogP contribution in [0.5, 0.6) is 17.4 Å². The van der Waals surface area contributed by atoms with Crippen molar-refractivity contribution in [2.24, 2.45) is 0 Å². The maximum Gasteiger partial charge on any atom is 0.267 e. The van der Waals surface area contributed by atoms with Crippen molar-refractivity contribution in [3.8, 4) is 28.8 Å². The molecule has 0 bridgehead atoms. The number of para-hydroxylation sites is 1. The van der Waals surface area contributed by atoms with E-state index in [9.17, 15) is 9.90 Å². The Balaban J connectivity index is 1.83. The first-order chi connectivity index (χ1) is 17.4. The van der Waals surface area contributed by atoms with Crippen LogP contribution in [0.4, 0.5) is 0 Å². The smallest absolute Gasteiger partial charge is 0.267 e. The molecule has 1 atom stereocenters. The normalized spacial score (nSPS) is 14.8. The summed E-state index contributed by atoms with van der Waals surface area (Å²) >= 11 is 9.23. The topological polar surface area (TPSA) is 77.7 Å². The van der Waals surface area contributed by atoms with E-state index >= 15 is 0 Å². The van der Waals surface area contributed by atoms with Gasteiger partial charge in [-0.15, -0.1) is 0 Å². The highest BCUT2D eigenvalue weighted by Gasteiger charge is 2.31. The van der Waals surface area contributed by atoms with Crippen LogP contribution >= 0.6 is 28.1 Å². The summed E-state index contributed by atoms with van der Waals surface area (Å²) in [5, 5.41) is 15.0. The lowest BCUT2D eigenvalue weighted by Crippen LogP contribution is -2.37. The second-order valence-corrected chi connectivity index (χ2v) is 9.63. The average molecular weight is 566 g/mol. The van der Waals surface area contributed by atoms with Crippen molar-refractivity contribution in [2.75, 3.05) is 20.8 Å². The Bertz CT molecular complexity index is 1550. The van der Waals surface area contributed by atoms with E-state index in [0.717, 1.165) is 22.0 Å². The number of fused-ring (bicyclic) bond motifs is 1. The second-order valence-electron chi connectivity index (χ2n) is 8.35. The summed E-state index contributed by atoms with van der Waals surface area (Å²) in [5.74, 6) is 0.960. The lowest BCUT2D eigenvalue weighted by atomic mass is 9.90. The number of nitrogens with one attached hydrogen (secondary N) is 1. The summed E-state index contributed by atoms with van der Waals surface area (Å²) in [6, 6.07) is 19.8. The van der Waals surface area contributed by atoms with Crippen molar-refractivity contribution in [3.05, 3.63) is 103 Å². The lowest BCUT2D eigenvalue weighted by Gasteiger charge is -2.29. The number of methoxy groups -OCH3 is 2. The fourth-order valence-corrected chi connectivity index (χ4v) is 5.28. The van der Waals surface area contributed by atoms with E-state index in [1.54, 1.807) is 14.2 Å². The van der Waals surface area contributed by atoms with Gasteiger partial charge < -0.3 is 19.9 Å². The Hall–Kier alpha value is -3.40. The highest BCUT2D eigenvalue weighted by atomic mass is 79.9. The molecule has 0 saturated heterocycles. The van der Waals surface area contributed by atoms with Crippen molar-refractivity contribution < 1.29 is 14.6 Å². The van der Waals surface area contributed by atoms with Crippen LogP contribution in [0.1, 0.15) is 22.7 Å². The van der Waals surface area contributed by atoms with Gasteiger partial charge in [0.05, 0.1) is 37.2 Å². The van der Waals surface area contributed by atoms with E-state index in [4.69, 9.17) is 21.7 Å². The summed E-state index contributed by atoms with van der Waals surface area (Å²) < 4.78 is 15.1. The molecule has 1 aliphatic heterocycles. The van der Waals surface area contributed by atoms with Crippen LogP contribution < -0.4 is 20.3 Å². The first kappa shape index (κ1) is 24.3. The number of ether oxygens (including phenoxy) is 2. The van der Waals surface area contributed by atoms with E-state index in [-0.39, 0.29) is 16.2 Å². The Morgan fingerprint density at radius 3 is 2.28 bits per heavy atom. The quantitative estimate of drug-likeness (QED) is 0.329. The molecular formula is C27H24BrN3O4S. The molecular weight excluding hydrogens is 542 g/mol. The highest BCUT2D eigenvalue weighted by molar-refractivity contribution is 9.10. The number of hydrogen-bond acceptors (Lipinski definition) is 6. The maximum atomic E-state index is 14.1. The third-order valence-electron chi connectivity index (χ3n) is 6.36. The summed E-state index contributed by atoms with van der Waals surface area (Å²) in [6.45, 7) is 0.616. The van der Waals surface area contributed by atoms with Crippen LogP contribution in [0.15, 0.2) is 76.0 Å². The molecule has 36 heavy (non-hydrogen) atoms. The molecule has 7 nitrogen and oxygen atoms in total. The first-order valence-electron chi connectivity index (χ1n) is 11.3. The summed E-state index contributed by atoms with van der Waals surface area (Å²) in [5.41, 5.74) is 2.91. The minimum atomic E-state index is -0.590. The Labute approximate surface area is 221 Å². The zero-order chi connectivity index (χ0) is 25.4. The number of rotatable bonds is 5. The van der Waals surface area contributed by atoms with Gasteiger partial charge in [0, 0.05) is 11.0 Å². The fourth-order valence-electron chi connectivity index (χ4n) is 4.63. The molecule has 1 aromatic heterocycles. The summed E-state index contributed by atoms with van der Waals surface area (Å²) in [7, 11) is 3.17. The van der Waals surface area contributed by atoms with Crippen LogP contribution in [-0.2, 0) is 6.42 Å². The van der Waals surface area contributed by atoms with Gasteiger partial charge in [0.25, 0.3) is 5.56 Å². The van der Waals surface area contributed by atoms with Crippen molar-refractivity contribution in [2.45, 2.75) is 12.5 Å². The number of hydrogen-bond donors (Lipinski definition) is 2. The molecule has 9 heteroatoms. The number of halogens is 1. The van der Waals surface area contributed by atoms with Gasteiger partial charge >= 0.3 is 0 Å². The predicted octanol–water partition coefficient (Wildman–Crippen LogP) is 5.08. The molecule has 1 aliphatic rings. The van der Waals surface area contributed by atoms with Crippen molar-refractivity contribution in [1.29, 1.82) is 0 Å². The standard InChI is InChI=1S/C27H24BrN3O4S/c1-34-21-14-16-12-13-29-24(20(16)15-22(21)35-2)23-25(32)30(18-6-4-3-5-7-18)27(36)31(26(23)33)19-10-8-17(28)9-11-19/h3-11,14-15,24,29,33H,12-13H2,1-2H3/t24-/m1/s1. The number of aromatic hydroxyl groups is 1. The van der Waals surface area contributed by atoms with Gasteiger partial charge in [-0.2, -0.15) is 0 Å². The van der Waals surface area contributed by atoms with Crippen molar-refractivity contribution >= 4 is 28.1 Å². The maximum absolute atomic E-state index is 14.1. The van der Waals surface area contributed by atoms with Gasteiger partial charge in [0.15, 0.2) is 16.3 Å². The highest BCUT2D eigenvalue weighted by Crippen LogP contribution is 2.39. The minimum Gasteiger partial charge on any atom is -0.494 e. The molecule has 3 aromatic carbocycles. The fraction of sp³-hybridized carbons (Fsp3) is 0.185. The van der Waals surface area contributed by atoms with Gasteiger partial charge in [-0.25, -0.2) is 0 Å². The van der Waals surface area contributed by atoms with Crippen LogP contribution in [0.2, 0.25) is 0 Å². The Kier molecular flexibility index (Phi) is 6.70. The van der Waals surface area contributed by atoms with E-state index in [2.05, 4.69) is 21.2 Å². The van der Waals surface area contributed by atoms with Crippen LogP contribution in [0.3, 0.4) is 0 Å². The third kappa shape index (κ3) is 4.13. The molecule has 0 radical (unpaired) electrons. The molecule has 184 valence electrons. The van der Waals surface area contributed by atoms with Crippen molar-refractivity contribution in [1.82, 2.24) is 14.5 Å². The summed E-state index contributed by atoms with van der Waals surface area (Å²) in [4.78, 5) is 14.1. The largest absolute Gasteiger partial charge is 0.494 e. The molecule has 0 unspecified atom stereocenters. The Morgan fingerprint density at radius 1 is 0.972 bits per heavy atom. The molecule has 0 fully saturated rings. The van der Waals surface area contributed by atoms with Crippen LogP contribution in [0, 0.1) is 4.77 Å². The molecule has 0 aliphatic carbocycles. The molecule has 4 aromatic rings. The molecule has 0 saturated carbocycles. The number of nitrogens with zero attached hydrogens (tertiary/aromatic N) is 2. The number of benzene rings is 3. The third-order valence-corrected chi connectivity index (χ3v) is 7.25. The second kappa shape index (κ2) is 9.93. The zero-order valence-electron chi connectivity index (χ0n) is 19.7. The monoisotopic (exact) mass is 565 g/mol. The molecule has 0 spiro atoms. The lowest BCUT2D eigenvalue weighted by molar-refractivity contribution is 0.352. The average Bonchev–Trinajstić information content (AvgIpc) is 2.89. The molecule has 2 heterocycles. The molecule has 5 rings (SSSR count). The van der Waals surface area contributed by atoms with E-state index in [1.165, 1.54) is 9.13 Å². The van der Waals surface area contributed by atoms with E-state index in [0.29, 0.717) is 29.4 Å². The molecule has 2 N–H and O–H groups in total. The van der Waals surface area contributed by atoms with Crippen LogP contribution in [-0.4, -0.2) is 35.0 Å². The summed E-state index contributed by atoms with van der Waals surface area (Å²) in [6.07, 6.45) is 0.742. The van der Waals surface area contributed by atoms with Gasteiger partial charge in [0.1, 0.15) is 0 Å². The SMILES string of the molecule is COc1cc2c(cc1OC)[C@H](c1c(O)n(-c3ccc(Br)cc3)c(=S)n(-c3ccccc3)c1=O)NCC2. The zero-order valence-corrected chi connectivity index (χ0v) is 22.1. The predicted molar refractivity (Wildman–Crippen MR) is 145 cm³/mol. The van der Waals surface area contributed by atoms with E-state index < -0.39 is 11.6 Å². The molecule has 0 amide bonds. The van der Waals surface area contributed by atoms with Gasteiger partial charge in [-0.3, -0.25) is 13.9 Å². The minimum absolute atomic E-state index is 0.165. The number of aromatic nitrogens is 2. The van der Waals surface area contributed by atoms with Gasteiger partial charge in [-0.1, -0.05) is 34.1 Å². The van der Waals surface area contributed by atoms with Gasteiger partial charge in [-0.05, 0) is 78.3 Å². The van der Waals surface area contributed by atoms with Crippen LogP contribution in [0.25, 0.3) is 11.4 Å². The van der Waals surface area contributed by atoms with Crippen molar-refractivity contribution in [3.63, 3.8) is 0 Å². The van der Waals surface area contributed by atoms with E-state index in [1.807, 2.05) is 66.7 Å².